The highest BCUT2D eigenvalue weighted by atomic mass is 32.2. The smallest absolute Gasteiger partial charge is 0.252 e. The summed E-state index contributed by atoms with van der Waals surface area (Å²) in [5.74, 6) is 1.27. The zero-order chi connectivity index (χ0) is 23.9. The van der Waals surface area contributed by atoms with Gasteiger partial charge in [-0.3, -0.25) is 9.59 Å². The molecule has 2 N–H and O–H groups in total. The number of nitrogens with one attached hydrogen (secondary N) is 2. The molecule has 178 valence electrons. The molecule has 0 saturated carbocycles. The maximum atomic E-state index is 13.2. The Labute approximate surface area is 196 Å². The molecule has 0 bridgehead atoms. The van der Waals surface area contributed by atoms with Crippen LogP contribution in [0, 0.1) is 5.92 Å². The van der Waals surface area contributed by atoms with Gasteiger partial charge >= 0.3 is 0 Å². The van der Waals surface area contributed by atoms with E-state index in [9.17, 15) is 18.0 Å². The van der Waals surface area contributed by atoms with Crippen LogP contribution in [0.2, 0.25) is 0 Å². The van der Waals surface area contributed by atoms with Crippen molar-refractivity contribution >= 4 is 26.8 Å². The fraction of sp³-hybridized carbons (Fsp3) is 0.333. The highest BCUT2D eigenvalue weighted by Crippen LogP contribution is 2.32. The number of sulfonamides is 1. The summed E-state index contributed by atoms with van der Waals surface area (Å²) >= 11 is 0. The van der Waals surface area contributed by atoms with Crippen LogP contribution in [0.3, 0.4) is 0 Å². The molecule has 0 spiro atoms. The molecular formula is C24H25N3O6S. The number of fused-ring (bicyclic) bond motifs is 2. The van der Waals surface area contributed by atoms with Gasteiger partial charge in [-0.25, -0.2) is 8.42 Å². The Morgan fingerprint density at radius 3 is 2.65 bits per heavy atom. The number of piperidine rings is 1. The standard InChI is InChI=1S/C24H25N3O6S/c1-15-6-8-27(9-7-15)34(30,31)17-3-4-20-18(11-17)19(12-23(28)26-20)24(29)25-13-16-2-5-21-22(10-16)33-14-32-21/h2-5,10-12,15H,6-9,13-14H2,1H3,(H,25,29)(H,26,28). The predicted octanol–water partition coefficient (Wildman–Crippen LogP) is 2.61. The molecule has 2 aliphatic rings. The Balaban J connectivity index is 1.43. The number of pyridine rings is 1. The summed E-state index contributed by atoms with van der Waals surface area (Å²) in [5.41, 5.74) is 0.867. The molecule has 34 heavy (non-hydrogen) atoms. The number of benzene rings is 2. The predicted molar refractivity (Wildman–Crippen MR) is 125 cm³/mol. The Kier molecular flexibility index (Phi) is 5.78. The zero-order valence-corrected chi connectivity index (χ0v) is 19.5. The number of hydrogen-bond donors (Lipinski definition) is 2. The maximum Gasteiger partial charge on any atom is 0.252 e. The van der Waals surface area contributed by atoms with E-state index in [2.05, 4.69) is 17.2 Å². The third-order valence-electron chi connectivity index (χ3n) is 6.33. The van der Waals surface area contributed by atoms with E-state index in [1.54, 1.807) is 12.1 Å². The molecule has 0 aliphatic carbocycles. The van der Waals surface area contributed by atoms with Gasteiger partial charge in [-0.1, -0.05) is 13.0 Å². The first kappa shape index (κ1) is 22.4. The van der Waals surface area contributed by atoms with Crippen LogP contribution in [0.1, 0.15) is 35.7 Å². The summed E-state index contributed by atoms with van der Waals surface area (Å²) in [6, 6.07) is 11.0. The van der Waals surface area contributed by atoms with E-state index in [4.69, 9.17) is 9.47 Å². The lowest BCUT2D eigenvalue weighted by atomic mass is 10.0. The molecule has 0 radical (unpaired) electrons. The average molecular weight is 484 g/mol. The van der Waals surface area contributed by atoms with Gasteiger partial charge in [0.1, 0.15) is 0 Å². The van der Waals surface area contributed by atoms with E-state index in [0.29, 0.717) is 41.4 Å². The molecule has 2 aliphatic heterocycles. The third kappa shape index (κ3) is 4.26. The third-order valence-corrected chi connectivity index (χ3v) is 8.22. The number of hydrogen-bond acceptors (Lipinski definition) is 6. The van der Waals surface area contributed by atoms with Gasteiger partial charge in [0, 0.05) is 36.6 Å². The number of aromatic amines is 1. The number of carbonyl (C=O) groups is 1. The van der Waals surface area contributed by atoms with Gasteiger partial charge in [-0.05, 0) is 54.7 Å². The second kappa shape index (κ2) is 8.77. The van der Waals surface area contributed by atoms with Gasteiger partial charge in [0.15, 0.2) is 11.5 Å². The van der Waals surface area contributed by atoms with Gasteiger partial charge in [-0.2, -0.15) is 4.31 Å². The molecule has 9 nitrogen and oxygen atoms in total. The lowest BCUT2D eigenvalue weighted by molar-refractivity contribution is 0.0952. The van der Waals surface area contributed by atoms with Crippen molar-refractivity contribution in [3.05, 3.63) is 63.9 Å². The van der Waals surface area contributed by atoms with Crippen LogP contribution in [0.5, 0.6) is 11.5 Å². The number of H-pyrrole nitrogens is 1. The fourth-order valence-corrected chi connectivity index (χ4v) is 5.78. The van der Waals surface area contributed by atoms with Gasteiger partial charge in [0.05, 0.1) is 10.5 Å². The van der Waals surface area contributed by atoms with Crippen LogP contribution in [-0.4, -0.2) is 43.5 Å². The average Bonchev–Trinajstić information content (AvgIpc) is 3.30. The lowest BCUT2D eigenvalue weighted by Gasteiger charge is -2.29. The summed E-state index contributed by atoms with van der Waals surface area (Å²) in [5, 5.41) is 3.17. The first-order valence-corrected chi connectivity index (χ1v) is 12.6. The van der Waals surface area contributed by atoms with Crippen molar-refractivity contribution in [1.29, 1.82) is 0 Å². The van der Waals surface area contributed by atoms with Crippen molar-refractivity contribution in [2.75, 3.05) is 19.9 Å². The Morgan fingerprint density at radius 2 is 1.85 bits per heavy atom. The van der Waals surface area contributed by atoms with Crippen molar-refractivity contribution in [2.24, 2.45) is 5.92 Å². The first-order valence-electron chi connectivity index (χ1n) is 11.2. The van der Waals surface area contributed by atoms with E-state index >= 15 is 0 Å². The molecule has 0 atom stereocenters. The van der Waals surface area contributed by atoms with Crippen LogP contribution in [0.15, 0.2) is 52.2 Å². The van der Waals surface area contributed by atoms with E-state index in [1.807, 2.05) is 6.07 Å². The topological polar surface area (TPSA) is 118 Å². The summed E-state index contributed by atoms with van der Waals surface area (Å²) in [7, 11) is -3.71. The largest absolute Gasteiger partial charge is 0.454 e. The summed E-state index contributed by atoms with van der Waals surface area (Å²) in [6.07, 6.45) is 1.63. The van der Waals surface area contributed by atoms with Crippen LogP contribution < -0.4 is 20.3 Å². The number of nitrogens with zero attached hydrogens (tertiary/aromatic N) is 1. The minimum Gasteiger partial charge on any atom is -0.454 e. The van der Waals surface area contributed by atoms with Crippen molar-refractivity contribution in [3.8, 4) is 11.5 Å². The number of carbonyl (C=O) groups excluding carboxylic acids is 1. The van der Waals surface area contributed by atoms with Crippen LogP contribution in [-0.2, 0) is 16.6 Å². The number of rotatable bonds is 5. The zero-order valence-electron chi connectivity index (χ0n) is 18.7. The Bertz CT molecular complexity index is 1420. The number of aromatic nitrogens is 1. The highest BCUT2D eigenvalue weighted by molar-refractivity contribution is 7.89. The van der Waals surface area contributed by atoms with Crippen molar-refractivity contribution in [2.45, 2.75) is 31.2 Å². The molecule has 2 aromatic carbocycles. The number of ether oxygens (including phenoxy) is 2. The molecule has 5 rings (SSSR count). The van der Waals surface area contributed by atoms with E-state index in [0.717, 1.165) is 18.4 Å². The second-order valence-electron chi connectivity index (χ2n) is 8.71. The second-order valence-corrected chi connectivity index (χ2v) is 10.6. The molecular weight excluding hydrogens is 458 g/mol. The Hall–Kier alpha value is -3.37. The van der Waals surface area contributed by atoms with Gasteiger partial charge in [-0.15, -0.1) is 0 Å². The minimum absolute atomic E-state index is 0.103. The van der Waals surface area contributed by atoms with Crippen LogP contribution >= 0.6 is 0 Å². The van der Waals surface area contributed by atoms with E-state index in [1.165, 1.54) is 28.6 Å². The van der Waals surface area contributed by atoms with Gasteiger partial charge in [0.2, 0.25) is 22.4 Å². The van der Waals surface area contributed by atoms with Gasteiger partial charge in [0.25, 0.3) is 5.91 Å². The first-order chi connectivity index (χ1) is 16.3. The van der Waals surface area contributed by atoms with Crippen molar-refractivity contribution in [1.82, 2.24) is 14.6 Å². The molecule has 10 heteroatoms. The van der Waals surface area contributed by atoms with Crippen LogP contribution in [0.4, 0.5) is 0 Å². The van der Waals surface area contributed by atoms with Gasteiger partial charge < -0.3 is 19.8 Å². The molecule has 3 aromatic rings. The molecule has 1 aromatic heterocycles. The lowest BCUT2D eigenvalue weighted by Crippen LogP contribution is -2.37. The monoisotopic (exact) mass is 483 g/mol. The molecule has 1 saturated heterocycles. The summed E-state index contributed by atoms with van der Waals surface area (Å²) in [4.78, 5) is 28.0. The van der Waals surface area contributed by atoms with E-state index < -0.39 is 21.5 Å². The highest BCUT2D eigenvalue weighted by Gasteiger charge is 2.28. The fourth-order valence-electron chi connectivity index (χ4n) is 4.28. The quantitative estimate of drug-likeness (QED) is 0.576. The molecule has 1 fully saturated rings. The summed E-state index contributed by atoms with van der Waals surface area (Å²) in [6.45, 7) is 3.41. The van der Waals surface area contributed by atoms with Crippen molar-refractivity contribution < 1.29 is 22.7 Å². The SMILES string of the molecule is CC1CCN(S(=O)(=O)c2ccc3[nH]c(=O)cc(C(=O)NCc4ccc5c(c4)OCO5)c3c2)CC1. The molecule has 0 unspecified atom stereocenters. The van der Waals surface area contributed by atoms with Crippen molar-refractivity contribution in [3.63, 3.8) is 0 Å². The van der Waals surface area contributed by atoms with E-state index in [-0.39, 0.29) is 23.8 Å². The minimum atomic E-state index is -3.71. The maximum absolute atomic E-state index is 13.2. The molecule has 3 heterocycles. The number of amides is 1. The summed E-state index contributed by atoms with van der Waals surface area (Å²) < 4.78 is 38.6. The normalized spacial score (nSPS) is 16.6. The Morgan fingerprint density at radius 1 is 1.09 bits per heavy atom. The molecule has 1 amide bonds. The van der Waals surface area contributed by atoms with Crippen LogP contribution in [0.25, 0.3) is 10.9 Å².